The summed E-state index contributed by atoms with van der Waals surface area (Å²) in [4.78, 5) is 32.2. The second-order valence-corrected chi connectivity index (χ2v) is 8.30. The third-order valence-electron chi connectivity index (χ3n) is 5.14. The van der Waals surface area contributed by atoms with Crippen LogP contribution in [0.5, 0.6) is 0 Å². The lowest BCUT2D eigenvalue weighted by molar-refractivity contribution is -0.141. The predicted molar refractivity (Wildman–Crippen MR) is 114 cm³/mol. The lowest BCUT2D eigenvalue weighted by atomic mass is 9.94. The van der Waals surface area contributed by atoms with E-state index in [9.17, 15) is 14.0 Å². The predicted octanol–water partition coefficient (Wildman–Crippen LogP) is 4.61. The van der Waals surface area contributed by atoms with Crippen molar-refractivity contribution in [2.75, 3.05) is 0 Å². The Hall–Kier alpha value is -2.93. The van der Waals surface area contributed by atoms with Gasteiger partial charge in [0, 0.05) is 0 Å². The Morgan fingerprint density at radius 3 is 2.53 bits per heavy atom. The highest BCUT2D eigenvalue weighted by Gasteiger charge is 2.47. The van der Waals surface area contributed by atoms with Crippen LogP contribution in [-0.2, 0) is 20.9 Å². The van der Waals surface area contributed by atoms with Crippen LogP contribution in [-0.4, -0.2) is 27.2 Å². The molecule has 0 aromatic heterocycles. The molecule has 5 nitrogen and oxygen atoms in total. The minimum atomic E-state index is -0.696. The van der Waals surface area contributed by atoms with E-state index in [4.69, 9.17) is 4.74 Å². The molecule has 0 spiro atoms. The second-order valence-electron chi connectivity index (χ2n) is 7.13. The zero-order chi connectivity index (χ0) is 21.3. The van der Waals surface area contributed by atoms with Crippen LogP contribution in [0.15, 0.2) is 70.9 Å². The lowest BCUT2D eigenvalue weighted by Crippen LogP contribution is -2.40. The number of halogens is 1. The van der Waals surface area contributed by atoms with Crippen LogP contribution < -0.4 is 0 Å². The molecule has 2 atom stereocenters. The van der Waals surface area contributed by atoms with E-state index in [1.807, 2.05) is 37.3 Å². The van der Waals surface area contributed by atoms with E-state index in [0.29, 0.717) is 28.4 Å². The van der Waals surface area contributed by atoms with Gasteiger partial charge < -0.3 is 4.74 Å². The minimum absolute atomic E-state index is 0.101. The zero-order valence-electron chi connectivity index (χ0n) is 16.7. The van der Waals surface area contributed by atoms with Crippen molar-refractivity contribution < 1.29 is 18.7 Å². The summed E-state index contributed by atoms with van der Waals surface area (Å²) in [6.45, 7) is 3.80. The zero-order valence-corrected chi connectivity index (χ0v) is 17.5. The summed E-state index contributed by atoms with van der Waals surface area (Å²) in [5, 5.41) is 0.317. The summed E-state index contributed by atoms with van der Waals surface area (Å²) >= 11 is 1.40. The molecule has 1 saturated heterocycles. The van der Waals surface area contributed by atoms with Gasteiger partial charge in [0.15, 0.2) is 5.17 Å². The van der Waals surface area contributed by atoms with Gasteiger partial charge in [0.25, 0.3) is 0 Å². The Labute approximate surface area is 178 Å². The maximum absolute atomic E-state index is 13.5. The number of fused-ring (bicyclic) bond motifs is 1. The van der Waals surface area contributed by atoms with Crippen LogP contribution in [0.3, 0.4) is 0 Å². The first-order valence-electron chi connectivity index (χ1n) is 9.75. The highest BCUT2D eigenvalue weighted by atomic mass is 32.2. The van der Waals surface area contributed by atoms with E-state index in [2.05, 4.69) is 4.99 Å². The number of carbonyl (C=O) groups is 2. The van der Waals surface area contributed by atoms with Gasteiger partial charge in [-0.15, -0.1) is 0 Å². The molecule has 0 N–H and O–H groups in total. The van der Waals surface area contributed by atoms with Gasteiger partial charge in [-0.25, -0.2) is 14.2 Å². The molecule has 154 valence electrons. The molecule has 2 aliphatic heterocycles. The Morgan fingerprint density at radius 1 is 1.17 bits per heavy atom. The summed E-state index contributed by atoms with van der Waals surface area (Å²) in [6, 6.07) is 14.5. The molecule has 1 amide bonds. The van der Waals surface area contributed by atoms with Crippen LogP contribution in [0.1, 0.15) is 37.4 Å². The van der Waals surface area contributed by atoms with Crippen molar-refractivity contribution in [3.63, 3.8) is 0 Å². The van der Waals surface area contributed by atoms with Gasteiger partial charge in [-0.3, -0.25) is 9.69 Å². The molecular formula is C23H21FN2O3S. The van der Waals surface area contributed by atoms with Crippen LogP contribution in [0.4, 0.5) is 4.39 Å². The molecule has 7 heteroatoms. The third kappa shape index (κ3) is 3.77. The largest absolute Gasteiger partial charge is 0.457 e. The van der Waals surface area contributed by atoms with Crippen LogP contribution >= 0.6 is 11.8 Å². The number of hydrogen-bond acceptors (Lipinski definition) is 5. The smallest absolute Gasteiger partial charge is 0.338 e. The summed E-state index contributed by atoms with van der Waals surface area (Å²) < 4.78 is 19.1. The quantitative estimate of drug-likeness (QED) is 0.658. The van der Waals surface area contributed by atoms with Crippen LogP contribution in [0.25, 0.3) is 0 Å². The summed E-state index contributed by atoms with van der Waals surface area (Å²) in [6.07, 6.45) is 0.655. The van der Waals surface area contributed by atoms with Crippen molar-refractivity contribution >= 4 is 28.8 Å². The van der Waals surface area contributed by atoms with Gasteiger partial charge in [0.2, 0.25) is 5.91 Å². The Morgan fingerprint density at radius 2 is 1.87 bits per heavy atom. The van der Waals surface area contributed by atoms with Gasteiger partial charge >= 0.3 is 5.97 Å². The summed E-state index contributed by atoms with van der Waals surface area (Å²) in [7, 11) is 0. The van der Waals surface area contributed by atoms with Gasteiger partial charge in [-0.1, -0.05) is 61.2 Å². The fourth-order valence-corrected chi connectivity index (χ4v) is 4.75. The van der Waals surface area contributed by atoms with Crippen molar-refractivity contribution in [2.45, 2.75) is 38.2 Å². The van der Waals surface area contributed by atoms with E-state index in [1.165, 1.54) is 23.9 Å². The van der Waals surface area contributed by atoms with E-state index in [1.54, 1.807) is 24.0 Å². The van der Waals surface area contributed by atoms with Gasteiger partial charge in [0.05, 0.1) is 22.6 Å². The van der Waals surface area contributed by atoms with Crippen molar-refractivity contribution in [1.82, 2.24) is 4.90 Å². The van der Waals surface area contributed by atoms with Crippen molar-refractivity contribution in [1.29, 1.82) is 0 Å². The number of nitrogens with zero attached hydrogens (tertiary/aromatic N) is 2. The number of thioether (sulfide) groups is 1. The molecule has 1 fully saturated rings. The Balaban J connectivity index is 1.71. The molecule has 0 saturated carbocycles. The molecule has 0 unspecified atom stereocenters. The SMILES string of the molecule is CC[C@@H]1SC2=NC(C)=C(C(=O)OCc3ccccc3)[C@H](c3ccc(F)cc3)N2C1=O. The maximum Gasteiger partial charge on any atom is 0.338 e. The molecule has 0 radical (unpaired) electrons. The molecule has 0 bridgehead atoms. The first-order valence-corrected chi connectivity index (χ1v) is 10.6. The topological polar surface area (TPSA) is 59.0 Å². The average Bonchev–Trinajstić information content (AvgIpc) is 3.07. The second kappa shape index (κ2) is 8.44. The van der Waals surface area contributed by atoms with E-state index >= 15 is 0 Å². The van der Waals surface area contributed by atoms with Crippen molar-refractivity contribution in [3.8, 4) is 0 Å². The number of hydrogen-bond donors (Lipinski definition) is 0. The number of amides is 1. The average molecular weight is 424 g/mol. The first kappa shape index (κ1) is 20.3. The van der Waals surface area contributed by atoms with E-state index < -0.39 is 12.0 Å². The molecule has 2 aromatic rings. The molecule has 2 aliphatic rings. The highest BCUT2D eigenvalue weighted by molar-refractivity contribution is 8.15. The molecule has 4 rings (SSSR count). The number of ether oxygens (including phenoxy) is 1. The highest BCUT2D eigenvalue weighted by Crippen LogP contribution is 2.44. The Bertz CT molecular complexity index is 1030. The molecule has 30 heavy (non-hydrogen) atoms. The van der Waals surface area contributed by atoms with Crippen molar-refractivity contribution in [3.05, 3.63) is 82.8 Å². The number of allylic oxidation sites excluding steroid dienone is 1. The van der Waals surface area contributed by atoms with E-state index in [-0.39, 0.29) is 23.6 Å². The van der Waals surface area contributed by atoms with Crippen LogP contribution in [0.2, 0.25) is 0 Å². The van der Waals surface area contributed by atoms with Crippen molar-refractivity contribution in [2.24, 2.45) is 4.99 Å². The normalized spacial score (nSPS) is 20.8. The van der Waals surface area contributed by atoms with Gasteiger partial charge in [-0.2, -0.15) is 0 Å². The number of carbonyl (C=O) groups excluding carboxylic acids is 2. The molecule has 2 aromatic carbocycles. The summed E-state index contributed by atoms with van der Waals surface area (Å²) in [5.74, 6) is -1.02. The van der Waals surface area contributed by atoms with Gasteiger partial charge in [-0.05, 0) is 36.6 Å². The Kier molecular flexibility index (Phi) is 5.72. The molecule has 0 aliphatic carbocycles. The standard InChI is InChI=1S/C23H21FN2O3S/c1-3-18-21(27)26-20(16-9-11-17(24)12-10-16)19(14(2)25-23(26)30-18)22(28)29-13-15-7-5-4-6-8-15/h4-12,18,20H,3,13H2,1-2H3/t18-,20-/m0/s1. The fraction of sp³-hybridized carbons (Fsp3) is 0.261. The fourth-order valence-electron chi connectivity index (χ4n) is 3.61. The monoisotopic (exact) mass is 424 g/mol. The molecular weight excluding hydrogens is 403 g/mol. The summed E-state index contributed by atoms with van der Waals surface area (Å²) in [5.41, 5.74) is 2.31. The first-order chi connectivity index (χ1) is 14.5. The van der Waals surface area contributed by atoms with Gasteiger partial charge in [0.1, 0.15) is 12.4 Å². The minimum Gasteiger partial charge on any atom is -0.457 e. The third-order valence-corrected chi connectivity index (χ3v) is 6.46. The number of aliphatic imine (C=N–C) groups is 1. The number of esters is 1. The lowest BCUT2D eigenvalue weighted by Gasteiger charge is -2.33. The number of rotatable bonds is 5. The van der Waals surface area contributed by atoms with Crippen LogP contribution in [0, 0.1) is 5.82 Å². The number of benzene rings is 2. The maximum atomic E-state index is 13.5. The molecule has 2 heterocycles. The van der Waals surface area contributed by atoms with E-state index in [0.717, 1.165) is 5.56 Å². The number of amidine groups is 1.